The van der Waals surface area contributed by atoms with Gasteiger partial charge in [0.25, 0.3) is 0 Å². The highest BCUT2D eigenvalue weighted by atomic mass is 35.5. The fourth-order valence-electron chi connectivity index (χ4n) is 4.25. The van der Waals surface area contributed by atoms with Crippen LogP contribution in [-0.2, 0) is 22.6 Å². The average Bonchev–Trinajstić information content (AvgIpc) is 2.92. The molecule has 1 amide bonds. The van der Waals surface area contributed by atoms with E-state index in [0.717, 1.165) is 29.9 Å². The minimum atomic E-state index is -0.452. The van der Waals surface area contributed by atoms with Crippen molar-refractivity contribution in [2.24, 2.45) is 5.92 Å². The number of amides is 1. The predicted molar refractivity (Wildman–Crippen MR) is 163 cm³/mol. The van der Waals surface area contributed by atoms with E-state index in [0.29, 0.717) is 45.9 Å². The first-order valence-corrected chi connectivity index (χ1v) is 14.5. The second kappa shape index (κ2) is 16.1. The lowest BCUT2D eigenvalue weighted by atomic mass is 10.0. The van der Waals surface area contributed by atoms with E-state index in [1.54, 1.807) is 30.3 Å². The van der Waals surface area contributed by atoms with E-state index in [1.165, 1.54) is 26.4 Å². The number of unbranched alkanes of at least 4 members (excludes halogenated alkanes) is 3. The Labute approximate surface area is 247 Å². The molecular formula is C32H38Cl2N2O4. The zero-order valence-electron chi connectivity index (χ0n) is 23.4. The number of ether oxygens (including phenoxy) is 2. The Kier molecular flexibility index (Phi) is 12.6. The van der Waals surface area contributed by atoms with Crippen molar-refractivity contribution in [3.05, 3.63) is 81.8 Å². The van der Waals surface area contributed by atoms with Crippen LogP contribution in [0.25, 0.3) is 0 Å². The first-order chi connectivity index (χ1) is 19.3. The Morgan fingerprint density at radius 3 is 2.33 bits per heavy atom. The third-order valence-corrected chi connectivity index (χ3v) is 7.08. The Morgan fingerprint density at radius 1 is 0.875 bits per heavy atom. The summed E-state index contributed by atoms with van der Waals surface area (Å²) >= 11 is 12.6. The minimum Gasteiger partial charge on any atom is -0.493 e. The third-order valence-electron chi connectivity index (χ3n) is 6.45. The van der Waals surface area contributed by atoms with Gasteiger partial charge in [-0.3, -0.25) is 9.59 Å². The fourth-order valence-corrected chi connectivity index (χ4v) is 4.74. The molecule has 0 heterocycles. The molecule has 0 bridgehead atoms. The Hall–Kier alpha value is -3.22. The van der Waals surface area contributed by atoms with Gasteiger partial charge in [-0.15, -0.1) is 0 Å². The van der Waals surface area contributed by atoms with Crippen LogP contribution in [-0.4, -0.2) is 19.0 Å². The molecule has 0 aliphatic rings. The number of esters is 1. The van der Waals surface area contributed by atoms with Gasteiger partial charge in [-0.2, -0.15) is 0 Å². The average molecular weight is 586 g/mol. The van der Waals surface area contributed by atoms with Crippen LogP contribution in [0, 0.1) is 5.92 Å². The van der Waals surface area contributed by atoms with Gasteiger partial charge in [-0.25, -0.2) is 0 Å². The summed E-state index contributed by atoms with van der Waals surface area (Å²) in [4.78, 5) is 25.1. The number of para-hydroxylation sites is 2. The molecule has 3 aromatic rings. The standard InChI is InChI=1S/C32H38Cl2N2O4/c1-22(2)11-6-4-5-7-16-30(37)35-21-23-17-18-28(29(19-23)39-3)40-31(38)20-24-12-8-9-15-27(24)36-32-25(33)13-10-14-26(32)34/h8-10,12-15,17-19,22,36H,4-7,11,16,20-21H2,1-3H3,(H,35,37). The quantitative estimate of drug-likeness (QED) is 0.106. The first-order valence-electron chi connectivity index (χ1n) is 13.7. The van der Waals surface area contributed by atoms with Gasteiger partial charge >= 0.3 is 5.97 Å². The normalized spacial score (nSPS) is 10.8. The Bertz CT molecular complexity index is 1260. The predicted octanol–water partition coefficient (Wildman–Crippen LogP) is 8.51. The van der Waals surface area contributed by atoms with Crippen molar-refractivity contribution < 1.29 is 19.1 Å². The van der Waals surface area contributed by atoms with E-state index in [2.05, 4.69) is 24.5 Å². The molecule has 2 N–H and O–H groups in total. The summed E-state index contributed by atoms with van der Waals surface area (Å²) in [7, 11) is 1.51. The van der Waals surface area contributed by atoms with Crippen molar-refractivity contribution >= 4 is 46.5 Å². The highest BCUT2D eigenvalue weighted by Crippen LogP contribution is 2.34. The van der Waals surface area contributed by atoms with Gasteiger partial charge in [0.2, 0.25) is 5.91 Å². The highest BCUT2D eigenvalue weighted by molar-refractivity contribution is 6.39. The van der Waals surface area contributed by atoms with Crippen molar-refractivity contribution in [1.29, 1.82) is 0 Å². The second-order valence-corrected chi connectivity index (χ2v) is 11.0. The molecule has 8 heteroatoms. The molecule has 0 aromatic heterocycles. The van der Waals surface area contributed by atoms with Crippen molar-refractivity contribution in [3.63, 3.8) is 0 Å². The molecule has 0 unspecified atom stereocenters. The fraction of sp³-hybridized carbons (Fsp3) is 0.375. The molecule has 3 rings (SSSR count). The number of rotatable bonds is 15. The summed E-state index contributed by atoms with van der Waals surface area (Å²) in [6, 6.07) is 17.9. The SMILES string of the molecule is COc1cc(CNC(=O)CCCCCCC(C)C)ccc1OC(=O)Cc1ccccc1Nc1c(Cl)cccc1Cl. The molecule has 0 atom stereocenters. The van der Waals surface area contributed by atoms with Gasteiger partial charge in [0, 0.05) is 18.7 Å². The molecule has 0 aliphatic heterocycles. The molecule has 0 spiro atoms. The maximum atomic E-state index is 12.9. The van der Waals surface area contributed by atoms with Crippen molar-refractivity contribution in [3.8, 4) is 11.5 Å². The Morgan fingerprint density at radius 2 is 1.60 bits per heavy atom. The molecule has 0 fully saturated rings. The summed E-state index contributed by atoms with van der Waals surface area (Å²) in [5.41, 5.74) is 2.84. The molecule has 0 saturated heterocycles. The van der Waals surface area contributed by atoms with Crippen LogP contribution in [0.1, 0.15) is 63.5 Å². The van der Waals surface area contributed by atoms with Crippen LogP contribution in [0.2, 0.25) is 10.0 Å². The van der Waals surface area contributed by atoms with Crippen LogP contribution < -0.4 is 20.1 Å². The zero-order valence-corrected chi connectivity index (χ0v) is 24.9. The van der Waals surface area contributed by atoms with Gasteiger partial charge < -0.3 is 20.1 Å². The lowest BCUT2D eigenvalue weighted by molar-refractivity contribution is -0.133. The topological polar surface area (TPSA) is 76.7 Å². The number of carbonyl (C=O) groups excluding carboxylic acids is 2. The maximum Gasteiger partial charge on any atom is 0.315 e. The van der Waals surface area contributed by atoms with E-state index in [4.69, 9.17) is 32.7 Å². The van der Waals surface area contributed by atoms with Crippen molar-refractivity contribution in [2.45, 2.75) is 65.3 Å². The molecule has 0 aliphatic carbocycles. The number of carbonyl (C=O) groups is 2. The molecule has 40 heavy (non-hydrogen) atoms. The lowest BCUT2D eigenvalue weighted by Crippen LogP contribution is -2.22. The van der Waals surface area contributed by atoms with Crippen LogP contribution in [0.5, 0.6) is 11.5 Å². The van der Waals surface area contributed by atoms with E-state index < -0.39 is 5.97 Å². The van der Waals surface area contributed by atoms with E-state index in [9.17, 15) is 9.59 Å². The second-order valence-electron chi connectivity index (χ2n) is 10.1. The van der Waals surface area contributed by atoms with Crippen LogP contribution in [0.3, 0.4) is 0 Å². The minimum absolute atomic E-state index is 0.0175. The van der Waals surface area contributed by atoms with Gasteiger partial charge in [0.05, 0.1) is 29.3 Å². The smallest absolute Gasteiger partial charge is 0.315 e. The number of nitrogens with one attached hydrogen (secondary N) is 2. The van der Waals surface area contributed by atoms with E-state index in [1.807, 2.05) is 30.3 Å². The zero-order chi connectivity index (χ0) is 28.9. The summed E-state index contributed by atoms with van der Waals surface area (Å²) in [5, 5.41) is 7.13. The molecule has 214 valence electrons. The van der Waals surface area contributed by atoms with Crippen molar-refractivity contribution in [2.75, 3.05) is 12.4 Å². The lowest BCUT2D eigenvalue weighted by Gasteiger charge is -2.15. The monoisotopic (exact) mass is 584 g/mol. The molecule has 6 nitrogen and oxygen atoms in total. The van der Waals surface area contributed by atoms with Crippen LogP contribution in [0.4, 0.5) is 11.4 Å². The number of benzene rings is 3. The summed E-state index contributed by atoms with van der Waals surface area (Å²) in [6.45, 7) is 4.84. The molecular weight excluding hydrogens is 547 g/mol. The summed E-state index contributed by atoms with van der Waals surface area (Å²) in [5.74, 6) is 1.04. The van der Waals surface area contributed by atoms with E-state index in [-0.39, 0.29) is 12.3 Å². The number of hydrogen-bond acceptors (Lipinski definition) is 5. The maximum absolute atomic E-state index is 12.9. The molecule has 0 radical (unpaired) electrons. The number of anilines is 2. The summed E-state index contributed by atoms with van der Waals surface area (Å²) in [6.07, 6.45) is 6.13. The van der Waals surface area contributed by atoms with Gasteiger partial charge in [-0.1, -0.05) is 93.1 Å². The van der Waals surface area contributed by atoms with Gasteiger partial charge in [0.15, 0.2) is 11.5 Å². The van der Waals surface area contributed by atoms with Crippen LogP contribution >= 0.6 is 23.2 Å². The van der Waals surface area contributed by atoms with E-state index >= 15 is 0 Å². The van der Waals surface area contributed by atoms with Crippen LogP contribution in [0.15, 0.2) is 60.7 Å². The number of methoxy groups -OCH3 is 1. The van der Waals surface area contributed by atoms with Gasteiger partial charge in [0.1, 0.15) is 0 Å². The highest BCUT2D eigenvalue weighted by Gasteiger charge is 2.15. The molecule has 3 aromatic carbocycles. The number of hydrogen-bond donors (Lipinski definition) is 2. The van der Waals surface area contributed by atoms with Gasteiger partial charge in [-0.05, 0) is 53.8 Å². The summed E-state index contributed by atoms with van der Waals surface area (Å²) < 4.78 is 11.1. The van der Waals surface area contributed by atoms with Crippen molar-refractivity contribution in [1.82, 2.24) is 5.32 Å². The third kappa shape index (κ3) is 10.1. The largest absolute Gasteiger partial charge is 0.493 e. The first kappa shape index (κ1) is 31.3. The number of halogens is 2. The molecule has 0 saturated carbocycles. The Balaban J connectivity index is 1.53.